The Morgan fingerprint density at radius 3 is 2.38 bits per heavy atom. The molecule has 5 heteroatoms. The fourth-order valence-corrected chi connectivity index (χ4v) is 2.60. The number of ketones is 1. The van der Waals surface area contributed by atoms with E-state index < -0.39 is 0 Å². The lowest BCUT2D eigenvalue weighted by Gasteiger charge is -2.15. The van der Waals surface area contributed by atoms with Crippen molar-refractivity contribution in [1.29, 1.82) is 0 Å². The number of hydrogen-bond acceptors (Lipinski definition) is 2. The fraction of sp³-hybridized carbons (Fsp3) is 0.105. The summed E-state index contributed by atoms with van der Waals surface area (Å²) in [5.41, 5.74) is 2.35. The first kappa shape index (κ1) is 18.5. The maximum atomic E-state index is 12.9. The lowest BCUT2D eigenvalue weighted by atomic mass is 9.94. The number of halogens is 2. The summed E-state index contributed by atoms with van der Waals surface area (Å²) >= 11 is 12.2. The van der Waals surface area contributed by atoms with Crippen molar-refractivity contribution in [2.75, 3.05) is 13.6 Å². The van der Waals surface area contributed by atoms with Gasteiger partial charge in [0, 0.05) is 33.3 Å². The van der Waals surface area contributed by atoms with Crippen LogP contribution >= 0.6 is 23.2 Å². The molecule has 2 rings (SSSR count). The second-order valence-corrected chi connectivity index (χ2v) is 6.28. The highest BCUT2D eigenvalue weighted by Gasteiger charge is 2.18. The standard InChI is InChI=1S/C19H16BCl2NO/c1-13(12-23(2)20)19(24)17(16-5-3-4-6-18(16)22)11-14-7-9-15(21)10-8-14/h3-11H,1,12H2,2H3/b17-11+. The van der Waals surface area contributed by atoms with Crippen LogP contribution in [0.3, 0.4) is 0 Å². The minimum absolute atomic E-state index is 0.199. The van der Waals surface area contributed by atoms with Crippen molar-refractivity contribution < 1.29 is 4.79 Å². The quantitative estimate of drug-likeness (QED) is 0.426. The van der Waals surface area contributed by atoms with Gasteiger partial charge in [-0.25, -0.2) is 0 Å². The highest BCUT2D eigenvalue weighted by molar-refractivity contribution is 6.38. The Kier molecular flexibility index (Phi) is 6.44. The number of rotatable bonds is 6. The topological polar surface area (TPSA) is 20.3 Å². The number of allylic oxidation sites excluding steroid dienone is 1. The number of carbonyl (C=O) groups is 1. The molecule has 0 aliphatic carbocycles. The molecule has 0 aliphatic heterocycles. The van der Waals surface area contributed by atoms with Crippen molar-refractivity contribution in [1.82, 2.24) is 4.81 Å². The van der Waals surface area contributed by atoms with E-state index in [1.54, 1.807) is 37.4 Å². The average molecular weight is 356 g/mol. The van der Waals surface area contributed by atoms with Gasteiger partial charge in [-0.1, -0.05) is 60.1 Å². The van der Waals surface area contributed by atoms with Crippen LogP contribution in [0.5, 0.6) is 0 Å². The van der Waals surface area contributed by atoms with Gasteiger partial charge in [-0.05, 0) is 36.9 Å². The average Bonchev–Trinajstić information content (AvgIpc) is 2.54. The van der Waals surface area contributed by atoms with Crippen LogP contribution in [0.25, 0.3) is 11.6 Å². The Balaban J connectivity index is 2.49. The summed E-state index contributed by atoms with van der Waals surface area (Å²) in [6.45, 7) is 4.12. The molecule has 0 bridgehead atoms. The molecule has 0 aromatic heterocycles. The number of nitrogens with zero attached hydrogens (tertiary/aromatic N) is 1. The fourth-order valence-electron chi connectivity index (χ4n) is 2.23. The Hall–Kier alpha value is -1.81. The molecule has 0 aliphatic rings. The molecule has 0 amide bonds. The predicted octanol–water partition coefficient (Wildman–Crippen LogP) is 4.67. The van der Waals surface area contributed by atoms with Gasteiger partial charge in [0.25, 0.3) is 0 Å². The first-order chi connectivity index (χ1) is 11.4. The van der Waals surface area contributed by atoms with E-state index in [9.17, 15) is 4.79 Å². The lowest BCUT2D eigenvalue weighted by Crippen LogP contribution is -2.21. The molecule has 2 radical (unpaired) electrons. The van der Waals surface area contributed by atoms with Gasteiger partial charge in [0.2, 0.25) is 0 Å². The zero-order valence-corrected chi connectivity index (χ0v) is 14.8. The summed E-state index contributed by atoms with van der Waals surface area (Å²) in [5, 5.41) is 1.13. The molecule has 0 unspecified atom stereocenters. The molecule has 0 atom stereocenters. The van der Waals surface area contributed by atoms with Crippen LogP contribution in [-0.2, 0) is 4.79 Å². The zero-order valence-electron chi connectivity index (χ0n) is 13.3. The van der Waals surface area contributed by atoms with Crippen LogP contribution in [0.4, 0.5) is 0 Å². The molecule has 2 nitrogen and oxygen atoms in total. The van der Waals surface area contributed by atoms with Gasteiger partial charge in [0.1, 0.15) is 0 Å². The van der Waals surface area contributed by atoms with E-state index in [-0.39, 0.29) is 12.3 Å². The molecule has 0 saturated carbocycles. The largest absolute Gasteiger partial charge is 0.352 e. The monoisotopic (exact) mass is 355 g/mol. The number of benzene rings is 2. The summed E-state index contributed by atoms with van der Waals surface area (Å²) in [6.07, 6.45) is 1.78. The Morgan fingerprint density at radius 1 is 1.17 bits per heavy atom. The SMILES string of the molecule is [B]N(C)CC(=C)C(=O)/C(=C/c1ccc(Cl)cc1)c1ccccc1Cl. The highest BCUT2D eigenvalue weighted by atomic mass is 35.5. The van der Waals surface area contributed by atoms with Crippen LogP contribution in [0.1, 0.15) is 11.1 Å². The molecular weight excluding hydrogens is 340 g/mol. The molecule has 120 valence electrons. The summed E-state index contributed by atoms with van der Waals surface area (Å²) in [5.74, 6) is -0.199. The minimum atomic E-state index is -0.199. The van der Waals surface area contributed by atoms with E-state index in [4.69, 9.17) is 31.2 Å². The summed E-state index contributed by atoms with van der Waals surface area (Å²) in [6, 6.07) is 14.4. The number of Topliss-reactive ketones (excluding diaryl/α,β-unsaturated/α-hetero) is 1. The third-order valence-corrected chi connectivity index (χ3v) is 3.93. The zero-order chi connectivity index (χ0) is 17.7. The van der Waals surface area contributed by atoms with Crippen LogP contribution in [-0.4, -0.2) is 32.2 Å². The molecule has 2 aromatic carbocycles. The van der Waals surface area contributed by atoms with Gasteiger partial charge in [-0.15, -0.1) is 0 Å². The van der Waals surface area contributed by atoms with Gasteiger partial charge in [0.05, 0.1) is 0 Å². The molecule has 0 saturated heterocycles. The molecule has 24 heavy (non-hydrogen) atoms. The van der Waals surface area contributed by atoms with E-state index in [1.165, 1.54) is 4.81 Å². The number of carbonyl (C=O) groups excluding carboxylic acids is 1. The van der Waals surface area contributed by atoms with Crippen molar-refractivity contribution in [2.45, 2.75) is 0 Å². The van der Waals surface area contributed by atoms with Crippen LogP contribution in [0.2, 0.25) is 10.0 Å². The predicted molar refractivity (Wildman–Crippen MR) is 103 cm³/mol. The van der Waals surface area contributed by atoms with E-state index in [1.807, 2.05) is 24.3 Å². The van der Waals surface area contributed by atoms with Crippen molar-refractivity contribution in [2.24, 2.45) is 0 Å². The third kappa shape index (κ3) is 4.84. The smallest absolute Gasteiger partial charge is 0.190 e. The maximum absolute atomic E-state index is 12.9. The summed E-state index contributed by atoms with van der Waals surface area (Å²) < 4.78 is 0. The van der Waals surface area contributed by atoms with Crippen molar-refractivity contribution in [3.05, 3.63) is 81.9 Å². The summed E-state index contributed by atoms with van der Waals surface area (Å²) in [4.78, 5) is 14.3. The molecule has 0 spiro atoms. The van der Waals surface area contributed by atoms with Crippen molar-refractivity contribution in [3.8, 4) is 0 Å². The Bertz CT molecular complexity index is 782. The van der Waals surface area contributed by atoms with Gasteiger partial charge < -0.3 is 4.81 Å². The highest BCUT2D eigenvalue weighted by Crippen LogP contribution is 2.28. The van der Waals surface area contributed by atoms with Crippen LogP contribution < -0.4 is 0 Å². The second-order valence-electron chi connectivity index (χ2n) is 5.44. The molecular formula is C19H16BCl2NO. The first-order valence-electron chi connectivity index (χ1n) is 7.29. The molecule has 0 heterocycles. The molecule has 2 aromatic rings. The minimum Gasteiger partial charge on any atom is -0.352 e. The normalized spacial score (nSPS) is 11.6. The van der Waals surface area contributed by atoms with Crippen LogP contribution in [0.15, 0.2) is 60.7 Å². The number of likely N-dealkylation sites (N-methyl/N-ethyl adjacent to an activating group) is 1. The Morgan fingerprint density at radius 2 is 1.79 bits per heavy atom. The van der Waals surface area contributed by atoms with Gasteiger partial charge >= 0.3 is 0 Å². The van der Waals surface area contributed by atoms with E-state index in [0.717, 1.165) is 5.56 Å². The van der Waals surface area contributed by atoms with Crippen molar-refractivity contribution in [3.63, 3.8) is 0 Å². The van der Waals surface area contributed by atoms with E-state index in [0.29, 0.717) is 26.8 Å². The second kappa shape index (κ2) is 8.34. The van der Waals surface area contributed by atoms with E-state index >= 15 is 0 Å². The van der Waals surface area contributed by atoms with Crippen LogP contribution in [0, 0.1) is 0 Å². The lowest BCUT2D eigenvalue weighted by molar-refractivity contribution is -0.110. The van der Waals surface area contributed by atoms with E-state index in [2.05, 4.69) is 6.58 Å². The third-order valence-electron chi connectivity index (χ3n) is 3.35. The summed E-state index contributed by atoms with van der Waals surface area (Å²) in [7, 11) is 7.31. The van der Waals surface area contributed by atoms with Gasteiger partial charge in [-0.3, -0.25) is 4.79 Å². The van der Waals surface area contributed by atoms with Gasteiger partial charge in [0.15, 0.2) is 13.8 Å². The molecule has 0 N–H and O–H groups in total. The maximum Gasteiger partial charge on any atom is 0.190 e. The first-order valence-corrected chi connectivity index (χ1v) is 8.04. The Labute approximate surface area is 153 Å². The molecule has 0 fully saturated rings. The van der Waals surface area contributed by atoms with Gasteiger partial charge in [-0.2, -0.15) is 0 Å². The number of hydrogen-bond donors (Lipinski definition) is 0. The van der Waals surface area contributed by atoms with Crippen molar-refractivity contribution >= 4 is 48.6 Å².